The Bertz CT molecular complexity index is 303. The summed E-state index contributed by atoms with van der Waals surface area (Å²) in [5.41, 5.74) is 0. The molecule has 0 amide bonds. The van der Waals surface area contributed by atoms with E-state index >= 15 is 0 Å². The molecule has 1 aliphatic rings. The molecule has 1 aliphatic heterocycles. The first kappa shape index (κ1) is 15.8. The highest BCUT2D eigenvalue weighted by Gasteiger charge is 2.12. The van der Waals surface area contributed by atoms with E-state index in [4.69, 9.17) is 4.74 Å². The van der Waals surface area contributed by atoms with Gasteiger partial charge in [-0.3, -0.25) is 4.90 Å². The lowest BCUT2D eigenvalue weighted by Gasteiger charge is -2.26. The van der Waals surface area contributed by atoms with E-state index in [0.717, 1.165) is 45.8 Å². The maximum Gasteiger partial charge on any atom is 0.212 e. The van der Waals surface area contributed by atoms with Crippen LogP contribution >= 0.6 is 0 Å². The summed E-state index contributed by atoms with van der Waals surface area (Å²) in [5.74, 6) is 0.149. The third kappa shape index (κ3) is 7.27. The molecule has 0 spiro atoms. The number of morpholine rings is 1. The third-order valence-electron chi connectivity index (χ3n) is 2.83. The minimum absolute atomic E-state index is 0.149. The lowest BCUT2D eigenvalue weighted by atomic mass is 10.4. The van der Waals surface area contributed by atoms with E-state index in [1.807, 2.05) is 0 Å². The van der Waals surface area contributed by atoms with E-state index in [1.54, 1.807) is 0 Å². The van der Waals surface area contributed by atoms with Gasteiger partial charge in [0, 0.05) is 32.7 Å². The van der Waals surface area contributed by atoms with Crippen LogP contribution in [0, 0.1) is 0 Å². The molecule has 1 fully saturated rings. The minimum Gasteiger partial charge on any atom is -0.379 e. The molecule has 0 unspecified atom stereocenters. The molecule has 0 saturated carbocycles. The second kappa shape index (κ2) is 8.82. The number of sulfonamides is 1. The molecular weight excluding hydrogens is 254 g/mol. The summed E-state index contributed by atoms with van der Waals surface area (Å²) in [7, 11) is -3.13. The summed E-state index contributed by atoms with van der Waals surface area (Å²) in [6, 6.07) is 0. The van der Waals surface area contributed by atoms with E-state index in [1.165, 1.54) is 0 Å². The van der Waals surface area contributed by atoms with Crippen molar-refractivity contribution in [2.24, 2.45) is 0 Å². The second-order valence-corrected chi connectivity index (χ2v) is 6.34. The zero-order chi connectivity index (χ0) is 13.3. The Hall–Kier alpha value is -0.210. The Kier molecular flexibility index (Phi) is 7.76. The maximum absolute atomic E-state index is 11.6. The van der Waals surface area contributed by atoms with E-state index in [0.29, 0.717) is 13.1 Å². The maximum atomic E-state index is 11.6. The van der Waals surface area contributed by atoms with Gasteiger partial charge in [-0.15, -0.1) is 0 Å². The van der Waals surface area contributed by atoms with Crippen LogP contribution in [0.25, 0.3) is 0 Å². The van der Waals surface area contributed by atoms with Gasteiger partial charge in [0.1, 0.15) is 0 Å². The van der Waals surface area contributed by atoms with Crippen LogP contribution in [0.3, 0.4) is 0 Å². The van der Waals surface area contributed by atoms with Crippen molar-refractivity contribution in [2.45, 2.75) is 13.3 Å². The third-order valence-corrected chi connectivity index (χ3v) is 4.21. The zero-order valence-electron chi connectivity index (χ0n) is 11.2. The average Bonchev–Trinajstić information content (AvgIpc) is 2.36. The summed E-state index contributed by atoms with van der Waals surface area (Å²) in [6.07, 6.45) is 1.02. The fraction of sp³-hybridized carbons (Fsp3) is 1.00. The van der Waals surface area contributed by atoms with Gasteiger partial charge < -0.3 is 10.1 Å². The van der Waals surface area contributed by atoms with Crippen LogP contribution in [0.1, 0.15) is 13.3 Å². The fourth-order valence-electron chi connectivity index (χ4n) is 1.76. The molecule has 108 valence electrons. The van der Waals surface area contributed by atoms with Crippen molar-refractivity contribution in [3.63, 3.8) is 0 Å². The van der Waals surface area contributed by atoms with Crippen LogP contribution in [-0.2, 0) is 14.8 Å². The Morgan fingerprint density at radius 1 is 1.17 bits per heavy atom. The molecule has 0 aromatic carbocycles. The predicted octanol–water partition coefficient (Wildman–Crippen LogP) is -0.762. The summed E-state index contributed by atoms with van der Waals surface area (Å²) in [5, 5.41) is 3.08. The standard InChI is InChI=1S/C11H25N3O3S/c1-2-3-12-5-11-18(15,16)13-4-6-14-7-9-17-10-8-14/h12-13H,2-11H2,1H3. The van der Waals surface area contributed by atoms with Crippen LogP contribution in [0.4, 0.5) is 0 Å². The molecule has 1 heterocycles. The summed E-state index contributed by atoms with van der Waals surface area (Å²) < 4.78 is 31.1. The zero-order valence-corrected chi connectivity index (χ0v) is 12.0. The topological polar surface area (TPSA) is 70.7 Å². The van der Waals surface area contributed by atoms with Gasteiger partial charge in [0.2, 0.25) is 10.0 Å². The number of hydrogen-bond donors (Lipinski definition) is 2. The molecule has 0 atom stereocenters. The highest BCUT2D eigenvalue weighted by molar-refractivity contribution is 7.89. The SMILES string of the molecule is CCCNCCS(=O)(=O)NCCN1CCOCC1. The van der Waals surface area contributed by atoms with E-state index in [9.17, 15) is 8.42 Å². The Labute approximate surface area is 110 Å². The lowest BCUT2D eigenvalue weighted by molar-refractivity contribution is 0.0390. The molecule has 18 heavy (non-hydrogen) atoms. The van der Waals surface area contributed by atoms with Crippen molar-refractivity contribution in [3.05, 3.63) is 0 Å². The molecule has 2 N–H and O–H groups in total. The van der Waals surface area contributed by atoms with Gasteiger partial charge in [-0.1, -0.05) is 6.92 Å². The second-order valence-electron chi connectivity index (χ2n) is 4.42. The van der Waals surface area contributed by atoms with Crippen LogP contribution in [0.15, 0.2) is 0 Å². The van der Waals surface area contributed by atoms with Crippen molar-refractivity contribution in [1.82, 2.24) is 14.9 Å². The van der Waals surface area contributed by atoms with Gasteiger partial charge in [-0.05, 0) is 13.0 Å². The van der Waals surface area contributed by atoms with E-state index < -0.39 is 10.0 Å². The van der Waals surface area contributed by atoms with Crippen molar-refractivity contribution in [1.29, 1.82) is 0 Å². The summed E-state index contributed by atoms with van der Waals surface area (Å²) >= 11 is 0. The fourth-order valence-corrected chi connectivity index (χ4v) is 2.72. The highest BCUT2D eigenvalue weighted by Crippen LogP contribution is 1.95. The molecule has 0 radical (unpaired) electrons. The molecule has 6 nitrogen and oxygen atoms in total. The number of nitrogens with one attached hydrogen (secondary N) is 2. The normalized spacial score (nSPS) is 18.1. The smallest absolute Gasteiger partial charge is 0.212 e. The van der Waals surface area contributed by atoms with Crippen LogP contribution in [0.5, 0.6) is 0 Å². The Morgan fingerprint density at radius 3 is 2.56 bits per heavy atom. The first-order valence-electron chi connectivity index (χ1n) is 6.62. The van der Waals surface area contributed by atoms with Gasteiger partial charge >= 0.3 is 0 Å². The molecular formula is C11H25N3O3S. The average molecular weight is 279 g/mol. The number of hydrogen-bond acceptors (Lipinski definition) is 5. The van der Waals surface area contributed by atoms with E-state index in [2.05, 4.69) is 21.9 Å². The van der Waals surface area contributed by atoms with Gasteiger partial charge in [0.05, 0.1) is 19.0 Å². The molecule has 0 aliphatic carbocycles. The van der Waals surface area contributed by atoms with Gasteiger partial charge in [0.15, 0.2) is 0 Å². The van der Waals surface area contributed by atoms with Crippen LogP contribution in [0.2, 0.25) is 0 Å². The first-order chi connectivity index (χ1) is 8.64. The summed E-state index contributed by atoms with van der Waals surface area (Å²) in [6.45, 7) is 7.94. The monoisotopic (exact) mass is 279 g/mol. The Morgan fingerprint density at radius 2 is 1.89 bits per heavy atom. The molecule has 1 saturated heterocycles. The number of rotatable bonds is 9. The van der Waals surface area contributed by atoms with Crippen molar-refractivity contribution >= 4 is 10.0 Å². The Balaban J connectivity index is 2.08. The number of nitrogens with zero attached hydrogens (tertiary/aromatic N) is 1. The molecule has 0 aromatic rings. The molecule has 0 aromatic heterocycles. The van der Waals surface area contributed by atoms with Gasteiger partial charge in [0.25, 0.3) is 0 Å². The molecule has 7 heteroatoms. The lowest BCUT2D eigenvalue weighted by Crippen LogP contribution is -2.42. The van der Waals surface area contributed by atoms with Gasteiger partial charge in [-0.2, -0.15) is 0 Å². The van der Waals surface area contributed by atoms with Crippen LogP contribution < -0.4 is 10.0 Å². The highest BCUT2D eigenvalue weighted by atomic mass is 32.2. The van der Waals surface area contributed by atoms with Crippen LogP contribution in [-0.4, -0.2) is 71.6 Å². The number of ether oxygens (including phenoxy) is 1. The van der Waals surface area contributed by atoms with Gasteiger partial charge in [-0.25, -0.2) is 13.1 Å². The van der Waals surface area contributed by atoms with Crippen molar-refractivity contribution < 1.29 is 13.2 Å². The largest absolute Gasteiger partial charge is 0.379 e. The molecule has 1 rings (SSSR count). The summed E-state index contributed by atoms with van der Waals surface area (Å²) in [4.78, 5) is 2.21. The van der Waals surface area contributed by atoms with Crippen molar-refractivity contribution in [3.8, 4) is 0 Å². The predicted molar refractivity (Wildman–Crippen MR) is 72.2 cm³/mol. The molecule has 0 bridgehead atoms. The quantitative estimate of drug-likeness (QED) is 0.543. The van der Waals surface area contributed by atoms with E-state index in [-0.39, 0.29) is 5.75 Å². The first-order valence-corrected chi connectivity index (χ1v) is 8.27. The van der Waals surface area contributed by atoms with Crippen molar-refractivity contribution in [2.75, 3.05) is 58.2 Å². The minimum atomic E-state index is -3.13.